The highest BCUT2D eigenvalue weighted by Crippen LogP contribution is 2.17. The zero-order chi connectivity index (χ0) is 15.2. The molecule has 1 amide bonds. The second-order valence-electron chi connectivity index (χ2n) is 3.96. The number of anilines is 1. The lowest BCUT2D eigenvalue weighted by atomic mass is 10.1. The minimum absolute atomic E-state index is 0.148. The number of carbonyl (C=O) groups excluding carboxylic acids is 1. The molecule has 106 valence electrons. The Morgan fingerprint density at radius 3 is 2.90 bits per heavy atom. The number of pyridine rings is 1. The SMILES string of the molecule is O=C(Nc1cc(F)ccc1F)c1ccncc1C#CCO. The van der Waals surface area contributed by atoms with Crippen LogP contribution in [0.15, 0.2) is 36.7 Å². The fraction of sp³-hybridized carbons (Fsp3) is 0.0667. The fourth-order valence-corrected chi connectivity index (χ4v) is 1.61. The first-order chi connectivity index (χ1) is 10.1. The van der Waals surface area contributed by atoms with Crippen molar-refractivity contribution in [1.29, 1.82) is 0 Å². The fourth-order valence-electron chi connectivity index (χ4n) is 1.61. The van der Waals surface area contributed by atoms with Gasteiger partial charge in [0.25, 0.3) is 5.91 Å². The van der Waals surface area contributed by atoms with Crippen molar-refractivity contribution in [2.45, 2.75) is 0 Å². The minimum Gasteiger partial charge on any atom is -0.384 e. The average molecular weight is 288 g/mol. The summed E-state index contributed by atoms with van der Waals surface area (Å²) in [5.41, 5.74) is 0.161. The van der Waals surface area contributed by atoms with Gasteiger partial charge in [0.15, 0.2) is 0 Å². The Hall–Kier alpha value is -2.78. The smallest absolute Gasteiger partial charge is 0.257 e. The number of aliphatic hydroxyl groups excluding tert-OH is 1. The maximum absolute atomic E-state index is 13.5. The Bertz CT molecular complexity index is 736. The lowest BCUT2D eigenvalue weighted by molar-refractivity contribution is 0.102. The van der Waals surface area contributed by atoms with Gasteiger partial charge < -0.3 is 10.4 Å². The molecule has 0 radical (unpaired) electrons. The van der Waals surface area contributed by atoms with Crippen LogP contribution < -0.4 is 5.32 Å². The van der Waals surface area contributed by atoms with Gasteiger partial charge >= 0.3 is 0 Å². The lowest BCUT2D eigenvalue weighted by Crippen LogP contribution is -2.15. The number of aliphatic hydroxyl groups is 1. The zero-order valence-electron chi connectivity index (χ0n) is 10.7. The highest BCUT2D eigenvalue weighted by molar-refractivity contribution is 6.05. The molecule has 1 aromatic carbocycles. The molecule has 6 heteroatoms. The number of rotatable bonds is 2. The first kappa shape index (κ1) is 14.6. The van der Waals surface area contributed by atoms with E-state index < -0.39 is 17.5 Å². The van der Waals surface area contributed by atoms with E-state index >= 15 is 0 Å². The quantitative estimate of drug-likeness (QED) is 0.830. The molecule has 0 unspecified atom stereocenters. The summed E-state index contributed by atoms with van der Waals surface area (Å²) in [7, 11) is 0. The van der Waals surface area contributed by atoms with E-state index in [1.807, 2.05) is 0 Å². The topological polar surface area (TPSA) is 62.2 Å². The molecule has 0 saturated carbocycles. The zero-order valence-corrected chi connectivity index (χ0v) is 10.7. The van der Waals surface area contributed by atoms with Crippen LogP contribution in [0, 0.1) is 23.5 Å². The highest BCUT2D eigenvalue weighted by Gasteiger charge is 2.13. The number of amides is 1. The number of nitrogens with one attached hydrogen (secondary N) is 1. The molecule has 0 aliphatic rings. The molecule has 0 aliphatic heterocycles. The van der Waals surface area contributed by atoms with E-state index in [4.69, 9.17) is 5.11 Å². The van der Waals surface area contributed by atoms with Gasteiger partial charge in [-0.25, -0.2) is 8.78 Å². The molecule has 1 heterocycles. The number of nitrogens with zero attached hydrogens (tertiary/aromatic N) is 1. The van der Waals surface area contributed by atoms with Gasteiger partial charge in [-0.3, -0.25) is 9.78 Å². The Balaban J connectivity index is 2.31. The standard InChI is InChI=1S/C15H10F2N2O2/c16-11-3-4-13(17)14(8-11)19-15(21)12-5-6-18-9-10(12)2-1-7-20/h3-6,8-9,20H,7H2,(H,19,21). The van der Waals surface area contributed by atoms with Crippen molar-refractivity contribution in [3.63, 3.8) is 0 Å². The number of aromatic nitrogens is 1. The monoisotopic (exact) mass is 288 g/mol. The van der Waals surface area contributed by atoms with Gasteiger partial charge in [0.2, 0.25) is 0 Å². The molecular weight excluding hydrogens is 278 g/mol. The van der Waals surface area contributed by atoms with E-state index in [1.54, 1.807) is 0 Å². The van der Waals surface area contributed by atoms with Crippen LogP contribution in [-0.4, -0.2) is 22.6 Å². The third kappa shape index (κ3) is 3.61. The van der Waals surface area contributed by atoms with Crippen LogP contribution in [0.25, 0.3) is 0 Å². The van der Waals surface area contributed by atoms with E-state index in [0.717, 1.165) is 18.2 Å². The number of carbonyl (C=O) groups is 1. The molecule has 1 aromatic heterocycles. The van der Waals surface area contributed by atoms with Crippen LogP contribution in [0.1, 0.15) is 15.9 Å². The van der Waals surface area contributed by atoms with Gasteiger partial charge in [-0.05, 0) is 18.2 Å². The number of benzene rings is 1. The summed E-state index contributed by atoms with van der Waals surface area (Å²) in [5, 5.41) is 10.9. The molecule has 4 nitrogen and oxygen atoms in total. The van der Waals surface area contributed by atoms with Gasteiger partial charge in [0.05, 0.1) is 16.8 Å². The molecule has 0 bridgehead atoms. The highest BCUT2D eigenvalue weighted by atomic mass is 19.1. The summed E-state index contributed by atoms with van der Waals surface area (Å²) >= 11 is 0. The van der Waals surface area contributed by atoms with Crippen LogP contribution in [0.4, 0.5) is 14.5 Å². The van der Waals surface area contributed by atoms with Gasteiger partial charge in [-0.2, -0.15) is 0 Å². The van der Waals surface area contributed by atoms with Crippen LogP contribution in [0.5, 0.6) is 0 Å². The first-order valence-electron chi connectivity index (χ1n) is 5.92. The summed E-state index contributed by atoms with van der Waals surface area (Å²) in [6.45, 7) is -0.367. The summed E-state index contributed by atoms with van der Waals surface area (Å²) in [4.78, 5) is 15.9. The minimum atomic E-state index is -0.748. The van der Waals surface area contributed by atoms with E-state index in [9.17, 15) is 13.6 Å². The van der Waals surface area contributed by atoms with Crippen LogP contribution in [0.2, 0.25) is 0 Å². The molecule has 0 saturated heterocycles. The maximum atomic E-state index is 13.5. The lowest BCUT2D eigenvalue weighted by Gasteiger charge is -2.07. The first-order valence-corrected chi connectivity index (χ1v) is 5.92. The van der Waals surface area contributed by atoms with Crippen LogP contribution in [-0.2, 0) is 0 Å². The molecule has 2 rings (SSSR count). The Labute approximate surface area is 119 Å². The van der Waals surface area contributed by atoms with Gasteiger partial charge in [-0.1, -0.05) is 11.8 Å². The second kappa shape index (κ2) is 6.59. The molecule has 21 heavy (non-hydrogen) atoms. The Morgan fingerprint density at radius 1 is 1.33 bits per heavy atom. The summed E-state index contributed by atoms with van der Waals surface area (Å²) in [5.74, 6) is 2.90. The van der Waals surface area contributed by atoms with Crippen molar-refractivity contribution >= 4 is 11.6 Å². The molecule has 0 atom stereocenters. The van der Waals surface area contributed by atoms with Crippen molar-refractivity contribution in [3.8, 4) is 11.8 Å². The number of hydrogen-bond acceptors (Lipinski definition) is 3. The number of hydrogen-bond donors (Lipinski definition) is 2. The molecule has 2 aromatic rings. The second-order valence-corrected chi connectivity index (χ2v) is 3.96. The van der Waals surface area contributed by atoms with Gasteiger partial charge in [0.1, 0.15) is 18.2 Å². The average Bonchev–Trinajstić information content (AvgIpc) is 2.49. The predicted molar refractivity (Wildman–Crippen MR) is 72.5 cm³/mol. The van der Waals surface area contributed by atoms with Crippen molar-refractivity contribution < 1.29 is 18.7 Å². The molecular formula is C15H10F2N2O2. The van der Waals surface area contributed by atoms with Crippen molar-refractivity contribution in [2.75, 3.05) is 11.9 Å². The third-order valence-corrected chi connectivity index (χ3v) is 2.54. The molecule has 2 N–H and O–H groups in total. The normalized spacial score (nSPS) is 9.67. The molecule has 0 fully saturated rings. The molecule has 0 aliphatic carbocycles. The van der Waals surface area contributed by atoms with Crippen molar-refractivity contribution in [3.05, 3.63) is 59.4 Å². The largest absolute Gasteiger partial charge is 0.384 e. The Morgan fingerprint density at radius 2 is 2.14 bits per heavy atom. The third-order valence-electron chi connectivity index (χ3n) is 2.54. The van der Waals surface area contributed by atoms with Gasteiger partial charge in [-0.15, -0.1) is 0 Å². The van der Waals surface area contributed by atoms with Crippen LogP contribution in [0.3, 0.4) is 0 Å². The summed E-state index contributed by atoms with van der Waals surface area (Å²) in [6, 6.07) is 4.15. The van der Waals surface area contributed by atoms with Crippen LogP contribution >= 0.6 is 0 Å². The van der Waals surface area contributed by atoms with E-state index in [1.165, 1.54) is 18.5 Å². The number of halogens is 2. The Kier molecular flexibility index (Phi) is 4.59. The maximum Gasteiger partial charge on any atom is 0.257 e. The van der Waals surface area contributed by atoms with E-state index in [-0.39, 0.29) is 23.4 Å². The molecule has 0 spiro atoms. The summed E-state index contributed by atoms with van der Waals surface area (Å²) in [6.07, 6.45) is 2.72. The van der Waals surface area contributed by atoms with E-state index in [0.29, 0.717) is 0 Å². The van der Waals surface area contributed by atoms with Crippen molar-refractivity contribution in [1.82, 2.24) is 4.98 Å². The van der Waals surface area contributed by atoms with Gasteiger partial charge in [0, 0.05) is 18.5 Å². The predicted octanol–water partition coefficient (Wildman–Crippen LogP) is 1.96. The van der Waals surface area contributed by atoms with Crippen molar-refractivity contribution in [2.24, 2.45) is 0 Å². The van der Waals surface area contributed by atoms with E-state index in [2.05, 4.69) is 22.1 Å². The summed E-state index contributed by atoms with van der Waals surface area (Å²) < 4.78 is 26.6.